The second kappa shape index (κ2) is 6.41. The Morgan fingerprint density at radius 3 is 2.82 bits per heavy atom. The fourth-order valence-corrected chi connectivity index (χ4v) is 1.76. The minimum absolute atomic E-state index is 0.404. The predicted molar refractivity (Wildman–Crippen MR) is 66.7 cm³/mol. The molecular weight excluding hydrogens is 242 g/mol. The van der Waals surface area contributed by atoms with Gasteiger partial charge in [-0.05, 0) is 18.6 Å². The first-order valence-corrected chi connectivity index (χ1v) is 7.09. The van der Waals surface area contributed by atoms with Gasteiger partial charge in [-0.3, -0.25) is 0 Å². The minimum Gasteiger partial charge on any atom is -0.493 e. The van der Waals surface area contributed by atoms with Gasteiger partial charge in [0.25, 0.3) is 0 Å². The van der Waals surface area contributed by atoms with E-state index in [1.165, 1.54) is 0 Å². The molecule has 0 unspecified atom stereocenters. The molecule has 0 aromatic carbocycles. The van der Waals surface area contributed by atoms with Gasteiger partial charge in [-0.25, -0.2) is 18.1 Å². The predicted octanol–water partition coefficient (Wildman–Crippen LogP) is 0.441. The van der Waals surface area contributed by atoms with E-state index in [1.54, 1.807) is 19.4 Å². The van der Waals surface area contributed by atoms with Crippen LogP contribution in [-0.4, -0.2) is 39.9 Å². The molecule has 0 aliphatic rings. The Morgan fingerprint density at radius 2 is 2.18 bits per heavy atom. The Morgan fingerprint density at radius 1 is 1.41 bits per heavy atom. The molecule has 1 aromatic heterocycles. The summed E-state index contributed by atoms with van der Waals surface area (Å²) >= 11 is 0. The average molecular weight is 259 g/mol. The fraction of sp³-hybridized carbons (Fsp3) is 0.500. The maximum atomic E-state index is 10.8. The highest BCUT2D eigenvalue weighted by Gasteiger charge is 2.02. The Labute approximate surface area is 101 Å². The molecule has 0 radical (unpaired) electrons. The molecule has 0 aliphatic carbocycles. The Kier molecular flexibility index (Phi) is 5.17. The summed E-state index contributed by atoms with van der Waals surface area (Å²) in [6.45, 7) is 1.02. The van der Waals surface area contributed by atoms with Crippen molar-refractivity contribution in [1.29, 1.82) is 0 Å². The standard InChI is InChI=1S/C10H17N3O3S/c1-16-9-5-3-6-11-10(9)12-7-4-8-13-17(2,14)15/h3,5-6,13H,4,7-8H2,1-2H3,(H,11,12). The molecule has 0 saturated heterocycles. The second-order valence-electron chi connectivity index (χ2n) is 3.50. The van der Waals surface area contributed by atoms with Crippen molar-refractivity contribution in [2.45, 2.75) is 6.42 Å². The number of hydrogen-bond acceptors (Lipinski definition) is 5. The summed E-state index contributed by atoms with van der Waals surface area (Å²) in [6.07, 6.45) is 3.48. The van der Waals surface area contributed by atoms with Crippen molar-refractivity contribution < 1.29 is 13.2 Å². The molecule has 0 bridgehead atoms. The molecule has 0 atom stereocenters. The highest BCUT2D eigenvalue weighted by molar-refractivity contribution is 7.88. The number of sulfonamides is 1. The van der Waals surface area contributed by atoms with Gasteiger partial charge in [0, 0.05) is 19.3 Å². The molecular formula is C10H17N3O3S. The van der Waals surface area contributed by atoms with Gasteiger partial charge >= 0.3 is 0 Å². The van der Waals surface area contributed by atoms with Crippen LogP contribution in [0.15, 0.2) is 18.3 Å². The number of hydrogen-bond donors (Lipinski definition) is 2. The van der Waals surface area contributed by atoms with E-state index in [4.69, 9.17) is 4.74 Å². The first-order chi connectivity index (χ1) is 8.03. The lowest BCUT2D eigenvalue weighted by atomic mass is 10.4. The topological polar surface area (TPSA) is 80.3 Å². The third-order valence-corrected chi connectivity index (χ3v) is 2.73. The lowest BCUT2D eigenvalue weighted by Gasteiger charge is -2.09. The number of ether oxygens (including phenoxy) is 1. The van der Waals surface area contributed by atoms with Crippen LogP contribution in [0.5, 0.6) is 5.75 Å². The van der Waals surface area contributed by atoms with Crippen molar-refractivity contribution in [1.82, 2.24) is 9.71 Å². The Bertz CT molecular complexity index is 448. The van der Waals surface area contributed by atoms with E-state index in [0.29, 0.717) is 31.1 Å². The molecule has 96 valence electrons. The van der Waals surface area contributed by atoms with Crippen LogP contribution in [0, 0.1) is 0 Å². The first-order valence-electron chi connectivity index (χ1n) is 5.20. The van der Waals surface area contributed by atoms with E-state index in [1.807, 2.05) is 6.07 Å². The van der Waals surface area contributed by atoms with Gasteiger partial charge in [-0.2, -0.15) is 0 Å². The SMILES string of the molecule is COc1cccnc1NCCCNS(C)(=O)=O. The average Bonchev–Trinajstić information content (AvgIpc) is 2.27. The summed E-state index contributed by atoms with van der Waals surface area (Å²) in [5.41, 5.74) is 0. The zero-order chi connectivity index (χ0) is 12.7. The number of rotatable bonds is 7. The van der Waals surface area contributed by atoms with Crippen molar-refractivity contribution in [2.24, 2.45) is 0 Å². The molecule has 17 heavy (non-hydrogen) atoms. The van der Waals surface area contributed by atoms with E-state index in [9.17, 15) is 8.42 Å². The molecule has 0 fully saturated rings. The van der Waals surface area contributed by atoms with E-state index < -0.39 is 10.0 Å². The monoisotopic (exact) mass is 259 g/mol. The molecule has 6 nitrogen and oxygen atoms in total. The summed E-state index contributed by atoms with van der Waals surface area (Å²) in [6, 6.07) is 3.60. The number of anilines is 1. The summed E-state index contributed by atoms with van der Waals surface area (Å²) in [4.78, 5) is 4.12. The van der Waals surface area contributed by atoms with Gasteiger partial charge in [0.15, 0.2) is 11.6 Å². The smallest absolute Gasteiger partial charge is 0.208 e. The number of aromatic nitrogens is 1. The number of nitrogens with zero attached hydrogens (tertiary/aromatic N) is 1. The molecule has 0 saturated carbocycles. The second-order valence-corrected chi connectivity index (χ2v) is 5.33. The minimum atomic E-state index is -3.10. The first kappa shape index (κ1) is 13.7. The van der Waals surface area contributed by atoms with Gasteiger partial charge in [-0.1, -0.05) is 0 Å². The highest BCUT2D eigenvalue weighted by Crippen LogP contribution is 2.19. The summed E-state index contributed by atoms with van der Waals surface area (Å²) < 4.78 is 29.1. The van der Waals surface area contributed by atoms with Crippen LogP contribution in [-0.2, 0) is 10.0 Å². The lowest BCUT2D eigenvalue weighted by molar-refractivity contribution is 0.415. The van der Waals surface area contributed by atoms with Crippen LogP contribution in [0.1, 0.15) is 6.42 Å². The molecule has 7 heteroatoms. The van der Waals surface area contributed by atoms with Crippen molar-refractivity contribution in [3.63, 3.8) is 0 Å². The zero-order valence-electron chi connectivity index (χ0n) is 9.93. The Hall–Kier alpha value is -1.34. The van der Waals surface area contributed by atoms with E-state index in [2.05, 4.69) is 15.0 Å². The maximum absolute atomic E-state index is 10.8. The third-order valence-electron chi connectivity index (χ3n) is 2.00. The molecule has 1 aromatic rings. The van der Waals surface area contributed by atoms with Crippen LogP contribution in [0.2, 0.25) is 0 Å². The van der Waals surface area contributed by atoms with Crippen LogP contribution in [0.25, 0.3) is 0 Å². The maximum Gasteiger partial charge on any atom is 0.208 e. The molecule has 0 amide bonds. The van der Waals surface area contributed by atoms with Gasteiger partial charge in [0.1, 0.15) is 0 Å². The summed E-state index contributed by atoms with van der Waals surface area (Å²) in [5.74, 6) is 1.33. The fourth-order valence-electron chi connectivity index (χ4n) is 1.24. The van der Waals surface area contributed by atoms with Crippen molar-refractivity contribution >= 4 is 15.8 Å². The van der Waals surface area contributed by atoms with E-state index in [0.717, 1.165) is 6.26 Å². The van der Waals surface area contributed by atoms with Gasteiger partial charge in [0.05, 0.1) is 13.4 Å². The van der Waals surface area contributed by atoms with Crippen LogP contribution in [0.4, 0.5) is 5.82 Å². The van der Waals surface area contributed by atoms with Crippen molar-refractivity contribution in [2.75, 3.05) is 31.8 Å². The van der Waals surface area contributed by atoms with Gasteiger partial charge < -0.3 is 10.1 Å². The molecule has 0 spiro atoms. The molecule has 1 rings (SSSR count). The molecule has 2 N–H and O–H groups in total. The summed E-state index contributed by atoms with van der Waals surface area (Å²) in [7, 11) is -1.52. The van der Waals surface area contributed by atoms with Gasteiger partial charge in [0.2, 0.25) is 10.0 Å². The largest absolute Gasteiger partial charge is 0.493 e. The molecule has 0 aliphatic heterocycles. The Balaban J connectivity index is 2.31. The zero-order valence-corrected chi connectivity index (χ0v) is 10.8. The van der Waals surface area contributed by atoms with Crippen LogP contribution >= 0.6 is 0 Å². The third kappa shape index (κ3) is 5.50. The number of methoxy groups -OCH3 is 1. The van der Waals surface area contributed by atoms with E-state index in [-0.39, 0.29) is 0 Å². The van der Waals surface area contributed by atoms with E-state index >= 15 is 0 Å². The van der Waals surface area contributed by atoms with Crippen molar-refractivity contribution in [3.8, 4) is 5.75 Å². The lowest BCUT2D eigenvalue weighted by Crippen LogP contribution is -2.24. The van der Waals surface area contributed by atoms with Crippen LogP contribution in [0.3, 0.4) is 0 Å². The van der Waals surface area contributed by atoms with Crippen molar-refractivity contribution in [3.05, 3.63) is 18.3 Å². The quantitative estimate of drug-likeness (QED) is 0.695. The normalized spacial score (nSPS) is 11.2. The van der Waals surface area contributed by atoms with Crippen LogP contribution < -0.4 is 14.8 Å². The van der Waals surface area contributed by atoms with Gasteiger partial charge in [-0.15, -0.1) is 0 Å². The number of pyridine rings is 1. The summed E-state index contributed by atoms with van der Waals surface area (Å²) in [5, 5.41) is 3.08. The number of nitrogens with one attached hydrogen (secondary N) is 2. The highest BCUT2D eigenvalue weighted by atomic mass is 32.2. The molecule has 1 heterocycles.